The molecule has 0 aliphatic rings. The summed E-state index contributed by atoms with van der Waals surface area (Å²) in [5, 5.41) is 10.6. The fourth-order valence-electron chi connectivity index (χ4n) is 12.3. The van der Waals surface area contributed by atoms with Crippen molar-refractivity contribution in [3.05, 3.63) is 0 Å². The van der Waals surface area contributed by atoms with Gasteiger partial charge in [-0.25, -0.2) is 9.13 Å². The molecule has 19 heteroatoms. The highest BCUT2D eigenvalue weighted by molar-refractivity contribution is 7.47. The van der Waals surface area contributed by atoms with Gasteiger partial charge in [0.2, 0.25) is 0 Å². The highest BCUT2D eigenvalue weighted by atomic mass is 31.2. The van der Waals surface area contributed by atoms with Crippen LogP contribution in [-0.2, 0) is 65.4 Å². The number of aliphatic hydroxyl groups excluding tert-OH is 1. The first-order chi connectivity index (χ1) is 47.7. The second-order valence-corrected chi connectivity index (χ2v) is 33.1. The van der Waals surface area contributed by atoms with E-state index >= 15 is 0 Å². The molecule has 5 atom stereocenters. The Balaban J connectivity index is 5.27. The molecule has 17 nitrogen and oxygen atoms in total. The van der Waals surface area contributed by atoms with E-state index in [2.05, 4.69) is 48.5 Å². The molecule has 0 aromatic rings. The molecule has 0 saturated heterocycles. The van der Waals surface area contributed by atoms with Crippen molar-refractivity contribution < 1.29 is 80.2 Å². The van der Waals surface area contributed by atoms with Crippen LogP contribution in [0.1, 0.15) is 414 Å². The number of phosphoric ester groups is 2. The van der Waals surface area contributed by atoms with E-state index in [0.717, 1.165) is 108 Å². The van der Waals surface area contributed by atoms with E-state index in [9.17, 15) is 43.2 Å². The number of carbonyl (C=O) groups excluding carboxylic acids is 4. The summed E-state index contributed by atoms with van der Waals surface area (Å²) in [6.45, 7) is 12.0. The zero-order valence-corrected chi connectivity index (χ0v) is 66.8. The van der Waals surface area contributed by atoms with Gasteiger partial charge < -0.3 is 33.8 Å². The molecule has 0 bridgehead atoms. The van der Waals surface area contributed by atoms with Gasteiger partial charge in [-0.2, -0.15) is 0 Å². The number of ether oxygens (including phenoxy) is 4. The van der Waals surface area contributed by atoms with Crippen LogP contribution in [0.4, 0.5) is 0 Å². The molecule has 2 unspecified atom stereocenters. The highest BCUT2D eigenvalue weighted by Crippen LogP contribution is 2.45. The minimum atomic E-state index is -4.96. The topological polar surface area (TPSA) is 237 Å². The van der Waals surface area contributed by atoms with E-state index in [1.54, 1.807) is 0 Å². The zero-order valence-electron chi connectivity index (χ0n) is 65.0. The van der Waals surface area contributed by atoms with Gasteiger partial charge in [0.25, 0.3) is 0 Å². The van der Waals surface area contributed by atoms with E-state index in [1.807, 2.05) is 0 Å². The average Bonchev–Trinajstić information content (AvgIpc) is 1.01. The predicted molar refractivity (Wildman–Crippen MR) is 405 cm³/mol. The van der Waals surface area contributed by atoms with Crippen molar-refractivity contribution in [1.82, 2.24) is 0 Å². The van der Waals surface area contributed by atoms with Crippen LogP contribution in [-0.4, -0.2) is 96.7 Å². The molecule has 0 aliphatic carbocycles. The number of aliphatic hydroxyl groups is 1. The molecule has 0 amide bonds. The van der Waals surface area contributed by atoms with Crippen molar-refractivity contribution in [3.63, 3.8) is 0 Å². The average molecular weight is 1450 g/mol. The third-order valence-corrected chi connectivity index (χ3v) is 20.5. The molecule has 0 heterocycles. The summed E-state index contributed by atoms with van der Waals surface area (Å²) in [6, 6.07) is 0. The van der Waals surface area contributed by atoms with Crippen LogP contribution in [0.15, 0.2) is 0 Å². The van der Waals surface area contributed by atoms with Crippen molar-refractivity contribution in [3.8, 4) is 0 Å². The highest BCUT2D eigenvalue weighted by Gasteiger charge is 2.30. The van der Waals surface area contributed by atoms with Gasteiger partial charge >= 0.3 is 39.5 Å². The second kappa shape index (κ2) is 70.4. The number of rotatable bonds is 78. The lowest BCUT2D eigenvalue weighted by Gasteiger charge is -2.21. The maximum Gasteiger partial charge on any atom is 0.472 e. The standard InChI is InChI=1S/C80H156O17P2/c1-8-9-10-11-12-13-14-26-33-40-47-54-61-77(82)90-67-76(97-80(85)64-57-50-43-36-29-22-25-32-39-46-53-60-73(6)7)70-95-99(88,89)93-66-74(81)65-92-98(86,87)94-69-75(68-91-78(83)62-55-48-41-34-27-21-17-19-24-31-38-45-52-59-72(4)5)96-79(84)63-56-49-42-35-28-20-16-15-18-23-30-37-44-51-58-71(2)3/h71-76,81H,8-70H2,1-7H3,(H,86,87)(H,88,89)/t74-,75-,76-/m1/s1. The van der Waals surface area contributed by atoms with Crippen LogP contribution >= 0.6 is 15.6 Å². The summed E-state index contributed by atoms with van der Waals surface area (Å²) < 4.78 is 68.7. The molecule has 0 fully saturated rings. The lowest BCUT2D eigenvalue weighted by atomic mass is 10.0. The van der Waals surface area contributed by atoms with Crippen molar-refractivity contribution in [2.75, 3.05) is 39.6 Å². The molecule has 3 N–H and O–H groups in total. The fraction of sp³-hybridized carbons (Fsp3) is 0.950. The summed E-state index contributed by atoms with van der Waals surface area (Å²) in [5.41, 5.74) is 0. The fourth-order valence-corrected chi connectivity index (χ4v) is 13.9. The maximum absolute atomic E-state index is 13.1. The molecule has 0 rings (SSSR count). The molecule has 0 aromatic heterocycles. The van der Waals surface area contributed by atoms with Crippen LogP contribution in [0.5, 0.6) is 0 Å². The van der Waals surface area contributed by atoms with Gasteiger partial charge in [0.1, 0.15) is 19.3 Å². The van der Waals surface area contributed by atoms with E-state index in [1.165, 1.54) is 225 Å². The molecule has 0 radical (unpaired) electrons. The lowest BCUT2D eigenvalue weighted by molar-refractivity contribution is -0.161. The van der Waals surface area contributed by atoms with Crippen LogP contribution < -0.4 is 0 Å². The minimum absolute atomic E-state index is 0.107. The molecule has 99 heavy (non-hydrogen) atoms. The minimum Gasteiger partial charge on any atom is -0.462 e. The van der Waals surface area contributed by atoms with E-state index in [-0.39, 0.29) is 25.7 Å². The van der Waals surface area contributed by atoms with E-state index in [4.69, 9.17) is 37.0 Å². The normalized spacial score (nSPS) is 14.0. The van der Waals surface area contributed by atoms with Gasteiger partial charge in [-0.15, -0.1) is 0 Å². The molecule has 0 aliphatic heterocycles. The lowest BCUT2D eigenvalue weighted by Crippen LogP contribution is -2.30. The molecule has 0 aromatic carbocycles. The number of phosphoric acid groups is 2. The van der Waals surface area contributed by atoms with Crippen molar-refractivity contribution >= 4 is 39.5 Å². The molecule has 0 spiro atoms. The summed E-state index contributed by atoms with van der Waals surface area (Å²) in [5.74, 6) is 0.242. The summed E-state index contributed by atoms with van der Waals surface area (Å²) in [7, 11) is -9.92. The van der Waals surface area contributed by atoms with E-state index in [0.29, 0.717) is 25.7 Å². The smallest absolute Gasteiger partial charge is 0.462 e. The Morgan fingerprint density at radius 2 is 0.465 bits per heavy atom. The number of hydrogen-bond donors (Lipinski definition) is 3. The first-order valence-corrected chi connectivity index (χ1v) is 44.3. The third kappa shape index (κ3) is 74.1. The Kier molecular flexibility index (Phi) is 69.0. The van der Waals surface area contributed by atoms with Crippen LogP contribution in [0.25, 0.3) is 0 Å². The molecular formula is C80H156O17P2. The van der Waals surface area contributed by atoms with Gasteiger partial charge in [-0.1, -0.05) is 363 Å². The zero-order chi connectivity index (χ0) is 73.0. The summed E-state index contributed by atoms with van der Waals surface area (Å²) >= 11 is 0. The molecule has 588 valence electrons. The second-order valence-electron chi connectivity index (χ2n) is 30.2. The Morgan fingerprint density at radius 1 is 0.273 bits per heavy atom. The third-order valence-electron chi connectivity index (χ3n) is 18.6. The largest absolute Gasteiger partial charge is 0.472 e. The number of unbranched alkanes of at least 4 members (excludes halogenated alkanes) is 46. The van der Waals surface area contributed by atoms with Gasteiger partial charge in [-0.3, -0.25) is 37.3 Å². The summed E-state index contributed by atoms with van der Waals surface area (Å²) in [6.07, 6.45) is 58.1. The van der Waals surface area contributed by atoms with Crippen molar-refractivity contribution in [1.29, 1.82) is 0 Å². The Labute approximate surface area is 607 Å². The summed E-state index contributed by atoms with van der Waals surface area (Å²) in [4.78, 5) is 73.0. The van der Waals surface area contributed by atoms with Gasteiger partial charge in [0.05, 0.1) is 26.4 Å². The van der Waals surface area contributed by atoms with Crippen LogP contribution in [0, 0.1) is 17.8 Å². The number of hydrogen-bond acceptors (Lipinski definition) is 15. The first kappa shape index (κ1) is 97.1. The number of esters is 4. The van der Waals surface area contributed by atoms with Gasteiger partial charge in [-0.05, 0) is 43.4 Å². The van der Waals surface area contributed by atoms with Crippen LogP contribution in [0.2, 0.25) is 0 Å². The van der Waals surface area contributed by atoms with E-state index < -0.39 is 97.5 Å². The van der Waals surface area contributed by atoms with Crippen molar-refractivity contribution in [2.45, 2.75) is 433 Å². The Hall–Kier alpha value is -1.94. The van der Waals surface area contributed by atoms with Crippen molar-refractivity contribution in [2.24, 2.45) is 17.8 Å². The predicted octanol–water partition coefficient (Wildman–Crippen LogP) is 23.7. The van der Waals surface area contributed by atoms with Gasteiger partial charge in [0.15, 0.2) is 12.2 Å². The maximum atomic E-state index is 13.1. The Bertz CT molecular complexity index is 1920. The first-order valence-electron chi connectivity index (χ1n) is 41.3. The van der Waals surface area contributed by atoms with Gasteiger partial charge in [0, 0.05) is 25.7 Å². The Morgan fingerprint density at radius 3 is 0.687 bits per heavy atom. The SMILES string of the molecule is CCCCCCCCCCCCCCC(=O)OC[C@H](COP(=O)(O)OC[C@H](O)COP(=O)(O)OC[C@@H](COC(=O)CCCCCCCCCCCCCCCC(C)C)OC(=O)CCCCCCCCCCCCCCCCC(C)C)OC(=O)CCCCCCCCCCCCCC(C)C. The monoisotopic (exact) mass is 1450 g/mol. The van der Waals surface area contributed by atoms with Crippen LogP contribution in [0.3, 0.4) is 0 Å². The number of carbonyl (C=O) groups is 4. The quantitative estimate of drug-likeness (QED) is 0.0222. The molecular weight excluding hydrogens is 1290 g/mol. The molecule has 0 saturated carbocycles.